The van der Waals surface area contributed by atoms with Crippen LogP contribution in [0.3, 0.4) is 0 Å². The van der Waals surface area contributed by atoms with Gasteiger partial charge in [-0.05, 0) is 56.3 Å². The van der Waals surface area contributed by atoms with Gasteiger partial charge in [-0.25, -0.2) is 8.78 Å². The van der Waals surface area contributed by atoms with Gasteiger partial charge in [0.2, 0.25) is 11.8 Å². The van der Waals surface area contributed by atoms with Crippen molar-refractivity contribution >= 4 is 23.2 Å². The molecule has 2 N–H and O–H groups in total. The molecule has 0 aliphatic rings. The van der Waals surface area contributed by atoms with Crippen molar-refractivity contribution in [2.24, 2.45) is 5.41 Å². The standard InChI is InChI=1S/C17H16F2N2O2/c1-17(2,15(22)20-13-8-6-11(18)7-9-13)16(23)21-14-5-3-4-12(19)10-14/h3-10H,1-2H3,(H,20,22)(H,21,23). The normalized spacial score (nSPS) is 11.0. The van der Waals surface area contributed by atoms with Gasteiger partial charge in [-0.2, -0.15) is 0 Å². The van der Waals surface area contributed by atoms with Gasteiger partial charge in [0.05, 0.1) is 0 Å². The number of carbonyl (C=O) groups excluding carboxylic acids is 2. The molecule has 0 atom stereocenters. The largest absolute Gasteiger partial charge is 0.325 e. The monoisotopic (exact) mass is 318 g/mol. The molecule has 0 heterocycles. The van der Waals surface area contributed by atoms with E-state index in [0.29, 0.717) is 5.69 Å². The molecule has 23 heavy (non-hydrogen) atoms. The zero-order valence-electron chi connectivity index (χ0n) is 12.7. The summed E-state index contributed by atoms with van der Waals surface area (Å²) in [6.45, 7) is 2.89. The van der Waals surface area contributed by atoms with Crippen molar-refractivity contribution in [1.29, 1.82) is 0 Å². The molecule has 2 aromatic carbocycles. The van der Waals surface area contributed by atoms with Crippen LogP contribution in [0, 0.1) is 17.0 Å². The summed E-state index contributed by atoms with van der Waals surface area (Å²) in [7, 11) is 0. The van der Waals surface area contributed by atoms with Crippen molar-refractivity contribution in [2.75, 3.05) is 10.6 Å². The second-order valence-corrected chi connectivity index (χ2v) is 5.55. The molecule has 0 aromatic heterocycles. The molecular weight excluding hydrogens is 302 g/mol. The van der Waals surface area contributed by atoms with E-state index in [1.54, 1.807) is 0 Å². The van der Waals surface area contributed by atoms with E-state index in [9.17, 15) is 18.4 Å². The number of carbonyl (C=O) groups is 2. The van der Waals surface area contributed by atoms with Crippen LogP contribution >= 0.6 is 0 Å². The summed E-state index contributed by atoms with van der Waals surface area (Å²) in [5.41, 5.74) is -0.763. The van der Waals surface area contributed by atoms with E-state index in [4.69, 9.17) is 0 Å². The van der Waals surface area contributed by atoms with E-state index in [2.05, 4.69) is 10.6 Å². The van der Waals surface area contributed by atoms with Gasteiger partial charge in [0, 0.05) is 11.4 Å². The Morgan fingerprint density at radius 3 is 1.96 bits per heavy atom. The number of halogens is 2. The molecule has 0 aliphatic heterocycles. The Bertz CT molecular complexity index is 728. The van der Waals surface area contributed by atoms with Gasteiger partial charge in [0.25, 0.3) is 0 Å². The first kappa shape index (κ1) is 16.6. The van der Waals surface area contributed by atoms with Gasteiger partial charge in [0.1, 0.15) is 17.0 Å². The first-order valence-corrected chi connectivity index (χ1v) is 6.93. The van der Waals surface area contributed by atoms with Crippen LogP contribution < -0.4 is 10.6 Å². The number of anilines is 2. The van der Waals surface area contributed by atoms with Crippen LogP contribution in [0.15, 0.2) is 48.5 Å². The summed E-state index contributed by atoms with van der Waals surface area (Å²) < 4.78 is 26.0. The summed E-state index contributed by atoms with van der Waals surface area (Å²) in [6, 6.07) is 10.6. The molecule has 120 valence electrons. The minimum Gasteiger partial charge on any atom is -0.325 e. The number of nitrogens with one attached hydrogen (secondary N) is 2. The number of rotatable bonds is 4. The van der Waals surface area contributed by atoms with Crippen LogP contribution in [0.1, 0.15) is 13.8 Å². The summed E-state index contributed by atoms with van der Waals surface area (Å²) >= 11 is 0. The van der Waals surface area contributed by atoms with Crippen LogP contribution in [-0.2, 0) is 9.59 Å². The summed E-state index contributed by atoms with van der Waals surface area (Å²) in [4.78, 5) is 24.6. The molecule has 0 saturated carbocycles. The Morgan fingerprint density at radius 1 is 0.826 bits per heavy atom. The van der Waals surface area contributed by atoms with Crippen molar-refractivity contribution in [3.63, 3.8) is 0 Å². The highest BCUT2D eigenvalue weighted by Crippen LogP contribution is 2.22. The van der Waals surface area contributed by atoms with Crippen molar-refractivity contribution in [1.82, 2.24) is 0 Å². The van der Waals surface area contributed by atoms with E-state index in [1.165, 1.54) is 56.3 Å². The maximum atomic E-state index is 13.1. The van der Waals surface area contributed by atoms with Crippen molar-refractivity contribution in [3.05, 3.63) is 60.2 Å². The minimum absolute atomic E-state index is 0.262. The lowest BCUT2D eigenvalue weighted by Crippen LogP contribution is -2.41. The van der Waals surface area contributed by atoms with Gasteiger partial charge in [0.15, 0.2) is 0 Å². The lowest BCUT2D eigenvalue weighted by Gasteiger charge is -2.22. The van der Waals surface area contributed by atoms with E-state index in [0.717, 1.165) is 6.07 Å². The van der Waals surface area contributed by atoms with Gasteiger partial charge < -0.3 is 10.6 Å². The van der Waals surface area contributed by atoms with Gasteiger partial charge >= 0.3 is 0 Å². The highest BCUT2D eigenvalue weighted by Gasteiger charge is 2.36. The molecule has 0 radical (unpaired) electrons. The molecule has 0 aliphatic carbocycles. The van der Waals surface area contributed by atoms with Gasteiger partial charge in [-0.3, -0.25) is 9.59 Å². The summed E-state index contributed by atoms with van der Waals surface area (Å²) in [6.07, 6.45) is 0. The maximum Gasteiger partial charge on any atom is 0.239 e. The fourth-order valence-corrected chi connectivity index (χ4v) is 1.78. The molecule has 0 spiro atoms. The second-order valence-electron chi connectivity index (χ2n) is 5.55. The quantitative estimate of drug-likeness (QED) is 0.847. The first-order valence-electron chi connectivity index (χ1n) is 6.93. The van der Waals surface area contributed by atoms with Crippen LogP contribution in [0.4, 0.5) is 20.2 Å². The molecule has 6 heteroatoms. The number of hydrogen-bond donors (Lipinski definition) is 2. The number of hydrogen-bond acceptors (Lipinski definition) is 2. The van der Waals surface area contributed by atoms with Crippen LogP contribution in [0.2, 0.25) is 0 Å². The third-order valence-corrected chi connectivity index (χ3v) is 3.32. The highest BCUT2D eigenvalue weighted by molar-refractivity contribution is 6.13. The average Bonchev–Trinajstić information content (AvgIpc) is 2.49. The fraction of sp³-hybridized carbons (Fsp3) is 0.176. The molecule has 0 bridgehead atoms. The third-order valence-electron chi connectivity index (χ3n) is 3.32. The van der Waals surface area contributed by atoms with E-state index in [1.807, 2.05) is 0 Å². The SMILES string of the molecule is CC(C)(C(=O)Nc1ccc(F)cc1)C(=O)Nc1cccc(F)c1. The number of amides is 2. The molecular formula is C17H16F2N2O2. The topological polar surface area (TPSA) is 58.2 Å². The smallest absolute Gasteiger partial charge is 0.239 e. The maximum absolute atomic E-state index is 13.1. The zero-order chi connectivity index (χ0) is 17.0. The molecule has 4 nitrogen and oxygen atoms in total. The fourth-order valence-electron chi connectivity index (χ4n) is 1.78. The molecule has 2 aromatic rings. The molecule has 0 unspecified atom stereocenters. The molecule has 0 fully saturated rings. The van der Waals surface area contributed by atoms with E-state index >= 15 is 0 Å². The average molecular weight is 318 g/mol. The minimum atomic E-state index is -1.40. The molecule has 0 saturated heterocycles. The van der Waals surface area contributed by atoms with Crippen LogP contribution in [-0.4, -0.2) is 11.8 Å². The molecule has 2 amide bonds. The van der Waals surface area contributed by atoms with Gasteiger partial charge in [-0.15, -0.1) is 0 Å². The Labute approximate surface area is 132 Å². The lowest BCUT2D eigenvalue weighted by atomic mass is 9.90. The predicted molar refractivity (Wildman–Crippen MR) is 83.8 cm³/mol. The predicted octanol–water partition coefficient (Wildman–Crippen LogP) is 3.57. The highest BCUT2D eigenvalue weighted by atomic mass is 19.1. The van der Waals surface area contributed by atoms with E-state index < -0.39 is 28.9 Å². The van der Waals surface area contributed by atoms with Crippen LogP contribution in [0.25, 0.3) is 0 Å². The second kappa shape index (κ2) is 6.56. The van der Waals surface area contributed by atoms with Crippen molar-refractivity contribution < 1.29 is 18.4 Å². The van der Waals surface area contributed by atoms with Crippen molar-refractivity contribution in [3.8, 4) is 0 Å². The molecule has 2 rings (SSSR count). The summed E-state index contributed by atoms with van der Waals surface area (Å²) in [5.74, 6) is -2.05. The number of benzene rings is 2. The third kappa shape index (κ3) is 4.12. The van der Waals surface area contributed by atoms with E-state index in [-0.39, 0.29) is 5.69 Å². The first-order chi connectivity index (χ1) is 10.8. The van der Waals surface area contributed by atoms with Crippen LogP contribution in [0.5, 0.6) is 0 Å². The Morgan fingerprint density at radius 2 is 1.39 bits per heavy atom. The van der Waals surface area contributed by atoms with Crippen molar-refractivity contribution in [2.45, 2.75) is 13.8 Å². The Balaban J connectivity index is 2.08. The zero-order valence-corrected chi connectivity index (χ0v) is 12.7. The summed E-state index contributed by atoms with van der Waals surface area (Å²) in [5, 5.41) is 5.05. The Kier molecular flexibility index (Phi) is 4.74. The lowest BCUT2D eigenvalue weighted by molar-refractivity contribution is -0.135. The Hall–Kier alpha value is -2.76. The van der Waals surface area contributed by atoms with Gasteiger partial charge in [-0.1, -0.05) is 6.07 Å².